The fraction of sp³-hybridized carbons (Fsp3) is 0.571. The van der Waals surface area contributed by atoms with Crippen LogP contribution in [0.15, 0.2) is 23.1 Å². The zero-order chi connectivity index (χ0) is 16.5. The van der Waals surface area contributed by atoms with Crippen LogP contribution in [0.25, 0.3) is 0 Å². The van der Waals surface area contributed by atoms with E-state index in [0.29, 0.717) is 24.9 Å². The maximum Gasteiger partial charge on any atom is 0.416 e. The maximum atomic E-state index is 12.8. The Labute approximate surface area is 133 Å². The van der Waals surface area contributed by atoms with Gasteiger partial charge in [-0.3, -0.25) is 0 Å². The normalized spacial score (nSPS) is 16.3. The van der Waals surface area contributed by atoms with Crippen LogP contribution in [-0.2, 0) is 16.2 Å². The van der Waals surface area contributed by atoms with Crippen LogP contribution in [0, 0.1) is 5.92 Å². The summed E-state index contributed by atoms with van der Waals surface area (Å²) in [5.41, 5.74) is -1.02. The van der Waals surface area contributed by atoms with Gasteiger partial charge in [0.05, 0.1) is 10.6 Å². The smallest absolute Gasteiger partial charge is 0.207 e. The second kappa shape index (κ2) is 6.37. The second-order valence-electron chi connectivity index (χ2n) is 5.45. The summed E-state index contributed by atoms with van der Waals surface area (Å²) in [5.74, 6) is 0.297. The van der Waals surface area contributed by atoms with E-state index in [1.807, 2.05) is 6.92 Å². The SMILES string of the molecule is CCCN(CC1CC1)S(=O)(=O)c1cc(C(F)(F)F)ccc1Cl. The minimum Gasteiger partial charge on any atom is -0.207 e. The van der Waals surface area contributed by atoms with Crippen molar-refractivity contribution in [2.24, 2.45) is 5.92 Å². The summed E-state index contributed by atoms with van der Waals surface area (Å²) in [6.45, 7) is 2.43. The summed E-state index contributed by atoms with van der Waals surface area (Å²) in [5, 5.41) is -0.190. The fourth-order valence-corrected chi connectivity index (χ4v) is 4.27. The van der Waals surface area contributed by atoms with Crippen LogP contribution in [0.2, 0.25) is 5.02 Å². The van der Waals surface area contributed by atoms with E-state index in [2.05, 4.69) is 0 Å². The number of sulfonamides is 1. The van der Waals surface area contributed by atoms with Gasteiger partial charge in [0.1, 0.15) is 4.90 Å². The lowest BCUT2D eigenvalue weighted by Crippen LogP contribution is -2.34. The van der Waals surface area contributed by atoms with Crippen molar-refractivity contribution < 1.29 is 21.6 Å². The first-order chi connectivity index (χ1) is 10.2. The average molecular weight is 356 g/mol. The highest BCUT2D eigenvalue weighted by Gasteiger charge is 2.36. The van der Waals surface area contributed by atoms with Crippen molar-refractivity contribution >= 4 is 21.6 Å². The lowest BCUT2D eigenvalue weighted by molar-refractivity contribution is -0.137. The van der Waals surface area contributed by atoms with Crippen molar-refractivity contribution in [2.45, 2.75) is 37.3 Å². The Morgan fingerprint density at radius 1 is 1.32 bits per heavy atom. The molecular formula is C14H17ClF3NO2S. The van der Waals surface area contributed by atoms with Gasteiger partial charge >= 0.3 is 6.18 Å². The molecule has 0 spiro atoms. The van der Waals surface area contributed by atoms with E-state index < -0.39 is 26.7 Å². The summed E-state index contributed by atoms with van der Waals surface area (Å²) in [4.78, 5) is -0.474. The van der Waals surface area contributed by atoms with Crippen molar-refractivity contribution in [2.75, 3.05) is 13.1 Å². The van der Waals surface area contributed by atoms with E-state index in [9.17, 15) is 21.6 Å². The molecule has 1 aromatic rings. The van der Waals surface area contributed by atoms with E-state index in [4.69, 9.17) is 11.6 Å². The average Bonchev–Trinajstić information content (AvgIpc) is 3.21. The van der Waals surface area contributed by atoms with Gasteiger partial charge in [0.15, 0.2) is 0 Å². The van der Waals surface area contributed by atoms with Gasteiger partial charge in [-0.15, -0.1) is 0 Å². The van der Waals surface area contributed by atoms with E-state index in [1.54, 1.807) is 0 Å². The fourth-order valence-electron chi connectivity index (χ4n) is 2.16. The van der Waals surface area contributed by atoms with Gasteiger partial charge < -0.3 is 0 Å². The quantitative estimate of drug-likeness (QED) is 0.768. The molecule has 2 rings (SSSR count). The van der Waals surface area contributed by atoms with Crippen molar-refractivity contribution in [3.63, 3.8) is 0 Å². The molecule has 22 heavy (non-hydrogen) atoms. The Morgan fingerprint density at radius 3 is 2.45 bits per heavy atom. The van der Waals surface area contributed by atoms with Crippen molar-refractivity contribution in [3.05, 3.63) is 28.8 Å². The number of nitrogens with zero attached hydrogens (tertiary/aromatic N) is 1. The van der Waals surface area contributed by atoms with Crippen LogP contribution in [-0.4, -0.2) is 25.8 Å². The Hall–Kier alpha value is -0.790. The predicted octanol–water partition coefficient (Wildman–Crippen LogP) is 4.17. The Kier molecular flexibility index (Phi) is 5.09. The van der Waals surface area contributed by atoms with Gasteiger partial charge in [-0.1, -0.05) is 18.5 Å². The molecule has 0 atom stereocenters. The molecule has 0 amide bonds. The molecule has 1 aliphatic rings. The summed E-state index contributed by atoms with van der Waals surface area (Å²) < 4.78 is 65.0. The summed E-state index contributed by atoms with van der Waals surface area (Å²) in [6.07, 6.45) is -2.12. The molecule has 1 aliphatic carbocycles. The Balaban J connectivity index is 2.41. The third-order valence-electron chi connectivity index (χ3n) is 3.51. The van der Waals surface area contributed by atoms with Crippen molar-refractivity contribution in [3.8, 4) is 0 Å². The molecule has 0 heterocycles. The first kappa shape index (κ1) is 17.6. The molecule has 0 radical (unpaired) electrons. The van der Waals surface area contributed by atoms with E-state index in [1.165, 1.54) is 4.31 Å². The minimum atomic E-state index is -4.61. The monoisotopic (exact) mass is 355 g/mol. The third-order valence-corrected chi connectivity index (χ3v) is 5.85. The number of hydrogen-bond donors (Lipinski definition) is 0. The van der Waals surface area contributed by atoms with Gasteiger partial charge in [0.2, 0.25) is 10.0 Å². The Morgan fingerprint density at radius 2 is 1.95 bits per heavy atom. The first-order valence-electron chi connectivity index (χ1n) is 7.03. The van der Waals surface area contributed by atoms with Crippen LogP contribution in [0.1, 0.15) is 31.7 Å². The molecule has 0 aromatic heterocycles. The molecule has 0 N–H and O–H groups in total. The molecular weight excluding hydrogens is 339 g/mol. The maximum absolute atomic E-state index is 12.8. The van der Waals surface area contributed by atoms with E-state index >= 15 is 0 Å². The van der Waals surface area contributed by atoms with Crippen LogP contribution < -0.4 is 0 Å². The van der Waals surface area contributed by atoms with Gasteiger partial charge in [0, 0.05) is 13.1 Å². The van der Waals surface area contributed by atoms with Gasteiger partial charge in [-0.2, -0.15) is 17.5 Å². The second-order valence-corrected chi connectivity index (χ2v) is 7.76. The molecule has 0 saturated heterocycles. The topological polar surface area (TPSA) is 37.4 Å². The molecule has 0 aliphatic heterocycles. The van der Waals surface area contributed by atoms with E-state index in [-0.39, 0.29) is 11.6 Å². The largest absolute Gasteiger partial charge is 0.416 e. The van der Waals surface area contributed by atoms with Gasteiger partial charge in [0.25, 0.3) is 0 Å². The molecule has 1 saturated carbocycles. The van der Waals surface area contributed by atoms with E-state index in [0.717, 1.165) is 25.0 Å². The number of halogens is 4. The molecule has 3 nitrogen and oxygen atoms in total. The van der Waals surface area contributed by atoms with Crippen LogP contribution in [0.4, 0.5) is 13.2 Å². The molecule has 8 heteroatoms. The Bertz CT molecular complexity index is 642. The highest BCUT2D eigenvalue weighted by molar-refractivity contribution is 7.89. The zero-order valence-corrected chi connectivity index (χ0v) is 13.6. The van der Waals surface area contributed by atoms with Crippen molar-refractivity contribution in [1.29, 1.82) is 0 Å². The lowest BCUT2D eigenvalue weighted by Gasteiger charge is -2.22. The molecule has 1 aromatic carbocycles. The molecule has 0 bridgehead atoms. The van der Waals surface area contributed by atoms with Gasteiger partial charge in [-0.05, 0) is 43.4 Å². The summed E-state index contributed by atoms with van der Waals surface area (Å²) in [6, 6.07) is 2.39. The third kappa shape index (κ3) is 3.94. The molecule has 0 unspecified atom stereocenters. The first-order valence-corrected chi connectivity index (χ1v) is 8.85. The van der Waals surface area contributed by atoms with Crippen LogP contribution in [0.5, 0.6) is 0 Å². The predicted molar refractivity (Wildman–Crippen MR) is 78.2 cm³/mol. The zero-order valence-electron chi connectivity index (χ0n) is 12.0. The highest BCUT2D eigenvalue weighted by atomic mass is 35.5. The molecule has 1 fully saturated rings. The number of benzene rings is 1. The number of alkyl halides is 3. The highest BCUT2D eigenvalue weighted by Crippen LogP contribution is 2.36. The molecule has 124 valence electrons. The number of rotatable bonds is 6. The lowest BCUT2D eigenvalue weighted by atomic mass is 10.2. The summed E-state index contributed by atoms with van der Waals surface area (Å²) in [7, 11) is -4.03. The summed E-state index contributed by atoms with van der Waals surface area (Å²) >= 11 is 5.85. The van der Waals surface area contributed by atoms with Gasteiger partial charge in [-0.25, -0.2) is 8.42 Å². The number of hydrogen-bond acceptors (Lipinski definition) is 2. The minimum absolute atomic E-state index is 0.190. The standard InChI is InChI=1S/C14H17ClF3NO2S/c1-2-7-19(9-10-3-4-10)22(20,21)13-8-11(14(16,17)18)5-6-12(13)15/h5-6,8,10H,2-4,7,9H2,1H3. The van der Waals surface area contributed by atoms with Crippen LogP contribution >= 0.6 is 11.6 Å². The van der Waals surface area contributed by atoms with Crippen LogP contribution in [0.3, 0.4) is 0 Å². The van der Waals surface area contributed by atoms with Crippen molar-refractivity contribution in [1.82, 2.24) is 4.31 Å².